The molecular formula is C18H16Cl2F2N2O3S. The van der Waals surface area contributed by atoms with Crippen molar-refractivity contribution in [2.75, 3.05) is 26.2 Å². The average Bonchev–Trinajstić information content (AvgIpc) is 2.91. The Labute approximate surface area is 171 Å². The van der Waals surface area contributed by atoms with E-state index < -0.39 is 27.6 Å². The standard InChI is InChI=1S/C18H16Cl2F2N2O3S/c19-15-11-16(20)17(22)10-14(15)18(25)23-6-1-7-24(9-8-23)28(26,27)13-4-2-12(21)3-5-13/h2-5,10-11H,1,6-9H2. The van der Waals surface area contributed by atoms with E-state index in [2.05, 4.69) is 0 Å². The van der Waals surface area contributed by atoms with Gasteiger partial charge in [-0.15, -0.1) is 0 Å². The quantitative estimate of drug-likeness (QED) is 0.670. The number of carbonyl (C=O) groups excluding carboxylic acids is 1. The summed E-state index contributed by atoms with van der Waals surface area (Å²) >= 11 is 11.7. The third-order valence-electron chi connectivity index (χ3n) is 4.43. The van der Waals surface area contributed by atoms with Gasteiger partial charge in [-0.05, 0) is 42.8 Å². The van der Waals surface area contributed by atoms with Crippen LogP contribution >= 0.6 is 23.2 Å². The summed E-state index contributed by atoms with van der Waals surface area (Å²) in [6.45, 7) is 0.653. The molecule has 0 aliphatic carbocycles. The van der Waals surface area contributed by atoms with Gasteiger partial charge < -0.3 is 4.90 Å². The smallest absolute Gasteiger partial charge is 0.255 e. The monoisotopic (exact) mass is 448 g/mol. The molecule has 3 rings (SSSR count). The largest absolute Gasteiger partial charge is 0.337 e. The van der Waals surface area contributed by atoms with E-state index in [1.807, 2.05) is 0 Å². The third kappa shape index (κ3) is 4.30. The van der Waals surface area contributed by atoms with Crippen molar-refractivity contribution in [3.05, 3.63) is 63.6 Å². The number of rotatable bonds is 3. The lowest BCUT2D eigenvalue weighted by atomic mass is 10.2. The highest BCUT2D eigenvalue weighted by molar-refractivity contribution is 7.89. The van der Waals surface area contributed by atoms with Crippen LogP contribution in [0.2, 0.25) is 10.0 Å². The van der Waals surface area contributed by atoms with Crippen LogP contribution in [0.1, 0.15) is 16.8 Å². The molecule has 0 atom stereocenters. The van der Waals surface area contributed by atoms with Crippen LogP contribution in [0.15, 0.2) is 41.3 Å². The van der Waals surface area contributed by atoms with Crippen molar-refractivity contribution in [2.24, 2.45) is 0 Å². The summed E-state index contributed by atoms with van der Waals surface area (Å²) in [6.07, 6.45) is 0.389. The summed E-state index contributed by atoms with van der Waals surface area (Å²) in [5, 5.41) is -0.162. The van der Waals surface area contributed by atoms with Gasteiger partial charge in [-0.2, -0.15) is 4.31 Å². The fraction of sp³-hybridized carbons (Fsp3) is 0.278. The lowest BCUT2D eigenvalue weighted by Crippen LogP contribution is -2.37. The second-order valence-corrected chi connectivity index (χ2v) is 9.00. The molecule has 1 saturated heterocycles. The molecule has 0 N–H and O–H groups in total. The Kier molecular flexibility index (Phi) is 6.24. The first-order valence-corrected chi connectivity index (χ1v) is 10.6. The van der Waals surface area contributed by atoms with Crippen molar-refractivity contribution in [1.82, 2.24) is 9.21 Å². The molecule has 0 radical (unpaired) electrons. The van der Waals surface area contributed by atoms with Crippen LogP contribution in [-0.2, 0) is 10.0 Å². The van der Waals surface area contributed by atoms with Crippen LogP contribution < -0.4 is 0 Å². The Hall–Kier alpha value is -1.74. The first-order chi connectivity index (χ1) is 13.2. The summed E-state index contributed by atoms with van der Waals surface area (Å²) in [6, 6.07) is 6.71. The zero-order valence-electron chi connectivity index (χ0n) is 14.5. The second kappa shape index (κ2) is 8.32. The summed E-state index contributed by atoms with van der Waals surface area (Å²) < 4.78 is 53.5. The van der Waals surface area contributed by atoms with Gasteiger partial charge in [0.15, 0.2) is 0 Å². The molecule has 1 heterocycles. The Morgan fingerprint density at radius 2 is 1.61 bits per heavy atom. The topological polar surface area (TPSA) is 57.7 Å². The zero-order chi connectivity index (χ0) is 20.5. The normalized spacial score (nSPS) is 16.1. The molecule has 10 heteroatoms. The van der Waals surface area contributed by atoms with Gasteiger partial charge in [0.05, 0.1) is 20.5 Å². The van der Waals surface area contributed by atoms with E-state index in [0.717, 1.165) is 24.3 Å². The lowest BCUT2D eigenvalue weighted by molar-refractivity contribution is 0.0764. The Morgan fingerprint density at radius 1 is 0.929 bits per heavy atom. The summed E-state index contributed by atoms with van der Waals surface area (Å²) in [5.74, 6) is -1.79. The van der Waals surface area contributed by atoms with Gasteiger partial charge in [0.1, 0.15) is 11.6 Å². The maximum atomic E-state index is 13.7. The molecule has 0 spiro atoms. The van der Waals surface area contributed by atoms with Crippen molar-refractivity contribution in [3.8, 4) is 0 Å². The SMILES string of the molecule is O=C(c1cc(F)c(Cl)cc1Cl)N1CCCN(S(=O)(=O)c2ccc(F)cc2)CC1. The minimum atomic E-state index is -3.81. The van der Waals surface area contributed by atoms with Crippen molar-refractivity contribution in [3.63, 3.8) is 0 Å². The second-order valence-electron chi connectivity index (χ2n) is 6.25. The van der Waals surface area contributed by atoms with Crippen LogP contribution in [0.3, 0.4) is 0 Å². The Bertz CT molecular complexity index is 1000. The van der Waals surface area contributed by atoms with E-state index >= 15 is 0 Å². The number of halogens is 4. The molecule has 2 aromatic carbocycles. The molecule has 0 aromatic heterocycles. The molecule has 150 valence electrons. The van der Waals surface area contributed by atoms with Crippen molar-refractivity contribution >= 4 is 39.1 Å². The molecular weight excluding hydrogens is 433 g/mol. The van der Waals surface area contributed by atoms with Gasteiger partial charge in [-0.1, -0.05) is 23.2 Å². The van der Waals surface area contributed by atoms with Gasteiger partial charge in [0.25, 0.3) is 5.91 Å². The minimum Gasteiger partial charge on any atom is -0.337 e. The van der Waals surface area contributed by atoms with Crippen molar-refractivity contribution in [2.45, 2.75) is 11.3 Å². The number of nitrogens with zero attached hydrogens (tertiary/aromatic N) is 2. The number of carbonyl (C=O) groups is 1. The fourth-order valence-electron chi connectivity index (χ4n) is 2.95. The maximum absolute atomic E-state index is 13.7. The van der Waals surface area contributed by atoms with E-state index in [9.17, 15) is 22.0 Å². The summed E-state index contributed by atoms with van der Waals surface area (Å²) in [5.41, 5.74) is -0.0293. The van der Waals surface area contributed by atoms with Gasteiger partial charge in [0.2, 0.25) is 10.0 Å². The average molecular weight is 449 g/mol. The number of sulfonamides is 1. The molecule has 0 saturated carbocycles. The van der Waals surface area contributed by atoms with Gasteiger partial charge >= 0.3 is 0 Å². The summed E-state index contributed by atoms with van der Waals surface area (Å²) in [4.78, 5) is 14.1. The predicted octanol–water partition coefficient (Wildman–Crippen LogP) is 3.81. The number of hydrogen-bond acceptors (Lipinski definition) is 3. The molecule has 2 aromatic rings. The van der Waals surface area contributed by atoms with Gasteiger partial charge in [-0.3, -0.25) is 4.79 Å². The molecule has 0 unspecified atom stereocenters. The summed E-state index contributed by atoms with van der Waals surface area (Å²) in [7, 11) is -3.81. The van der Waals surface area contributed by atoms with Crippen LogP contribution in [0.5, 0.6) is 0 Å². The fourth-order valence-corrected chi connectivity index (χ4v) is 4.88. The molecule has 5 nitrogen and oxygen atoms in total. The van der Waals surface area contributed by atoms with E-state index in [4.69, 9.17) is 23.2 Å². The molecule has 0 bridgehead atoms. The Morgan fingerprint density at radius 3 is 2.29 bits per heavy atom. The first-order valence-electron chi connectivity index (χ1n) is 8.39. The van der Waals surface area contributed by atoms with E-state index in [0.29, 0.717) is 6.42 Å². The number of amides is 1. The number of hydrogen-bond donors (Lipinski definition) is 0. The van der Waals surface area contributed by atoms with Crippen LogP contribution in [0.4, 0.5) is 8.78 Å². The highest BCUT2D eigenvalue weighted by Crippen LogP contribution is 2.26. The predicted molar refractivity (Wildman–Crippen MR) is 102 cm³/mol. The molecule has 28 heavy (non-hydrogen) atoms. The van der Waals surface area contributed by atoms with Gasteiger partial charge in [-0.25, -0.2) is 17.2 Å². The zero-order valence-corrected chi connectivity index (χ0v) is 16.9. The van der Waals surface area contributed by atoms with Crippen LogP contribution in [0, 0.1) is 11.6 Å². The minimum absolute atomic E-state index is 0.0171. The van der Waals surface area contributed by atoms with Gasteiger partial charge in [0, 0.05) is 26.2 Å². The molecule has 1 aliphatic rings. The molecule has 1 amide bonds. The maximum Gasteiger partial charge on any atom is 0.255 e. The molecule has 1 fully saturated rings. The Balaban J connectivity index is 1.77. The highest BCUT2D eigenvalue weighted by Gasteiger charge is 2.29. The third-order valence-corrected chi connectivity index (χ3v) is 6.95. The van der Waals surface area contributed by atoms with Crippen LogP contribution in [0.25, 0.3) is 0 Å². The van der Waals surface area contributed by atoms with E-state index in [-0.39, 0.29) is 46.7 Å². The van der Waals surface area contributed by atoms with Crippen molar-refractivity contribution < 1.29 is 22.0 Å². The van der Waals surface area contributed by atoms with Crippen LogP contribution in [-0.4, -0.2) is 49.7 Å². The highest BCUT2D eigenvalue weighted by atomic mass is 35.5. The molecule has 1 aliphatic heterocycles. The lowest BCUT2D eigenvalue weighted by Gasteiger charge is -2.22. The van der Waals surface area contributed by atoms with E-state index in [1.165, 1.54) is 21.3 Å². The number of benzene rings is 2. The van der Waals surface area contributed by atoms with E-state index in [1.54, 1.807) is 0 Å². The van der Waals surface area contributed by atoms with Crippen molar-refractivity contribution in [1.29, 1.82) is 0 Å². The first kappa shape index (κ1) is 21.0.